The number of amides is 3. The zero-order valence-corrected chi connectivity index (χ0v) is 15.5. The van der Waals surface area contributed by atoms with Gasteiger partial charge >= 0.3 is 6.03 Å². The van der Waals surface area contributed by atoms with Gasteiger partial charge in [0.1, 0.15) is 0 Å². The molecule has 2 unspecified atom stereocenters. The highest BCUT2D eigenvalue weighted by Crippen LogP contribution is 2.32. The van der Waals surface area contributed by atoms with Gasteiger partial charge in [0.15, 0.2) is 0 Å². The standard InChI is InChI=1S/C19H33N3O3/c1-25-12-11-21-9-8-16-14-22(10-7-15(16)13-18(21)23)19(24)20-17-5-3-2-4-6-17/h15-17H,2-14H2,1H3,(H,20,24). The number of likely N-dealkylation sites (tertiary alicyclic amines) is 2. The molecule has 1 aliphatic carbocycles. The summed E-state index contributed by atoms with van der Waals surface area (Å²) in [6.07, 6.45) is 8.58. The number of urea groups is 1. The maximum atomic E-state index is 12.6. The molecule has 0 aromatic carbocycles. The molecule has 3 fully saturated rings. The van der Waals surface area contributed by atoms with Gasteiger partial charge in [0, 0.05) is 45.8 Å². The highest BCUT2D eigenvalue weighted by atomic mass is 16.5. The van der Waals surface area contributed by atoms with Crippen LogP contribution in [0.5, 0.6) is 0 Å². The van der Waals surface area contributed by atoms with Crippen LogP contribution in [0, 0.1) is 11.8 Å². The number of methoxy groups -OCH3 is 1. The summed E-state index contributed by atoms with van der Waals surface area (Å²) in [5, 5.41) is 3.24. The van der Waals surface area contributed by atoms with Gasteiger partial charge in [-0.25, -0.2) is 4.79 Å². The van der Waals surface area contributed by atoms with Crippen LogP contribution in [0.3, 0.4) is 0 Å². The molecule has 6 nitrogen and oxygen atoms in total. The summed E-state index contributed by atoms with van der Waals surface area (Å²) in [6.45, 7) is 3.65. The third kappa shape index (κ3) is 4.87. The summed E-state index contributed by atoms with van der Waals surface area (Å²) in [7, 11) is 1.67. The monoisotopic (exact) mass is 351 g/mol. The second-order valence-electron chi connectivity index (χ2n) is 7.91. The first kappa shape index (κ1) is 18.5. The average molecular weight is 351 g/mol. The number of fused-ring (bicyclic) bond motifs is 1. The lowest BCUT2D eigenvalue weighted by Gasteiger charge is -2.38. The molecule has 2 aliphatic heterocycles. The minimum absolute atomic E-state index is 0.108. The van der Waals surface area contributed by atoms with E-state index in [0.29, 0.717) is 37.5 Å². The summed E-state index contributed by atoms with van der Waals surface area (Å²) in [5.74, 6) is 1.13. The van der Waals surface area contributed by atoms with Crippen molar-refractivity contribution in [2.24, 2.45) is 11.8 Å². The summed E-state index contributed by atoms with van der Waals surface area (Å²) in [4.78, 5) is 29.0. The Morgan fingerprint density at radius 1 is 1.12 bits per heavy atom. The fourth-order valence-electron chi connectivity index (χ4n) is 4.61. The number of rotatable bonds is 4. The Kier molecular flexibility index (Phi) is 6.57. The van der Waals surface area contributed by atoms with E-state index in [0.717, 1.165) is 45.3 Å². The van der Waals surface area contributed by atoms with E-state index in [1.54, 1.807) is 7.11 Å². The number of ether oxygens (including phenoxy) is 1. The minimum atomic E-state index is 0.108. The molecule has 25 heavy (non-hydrogen) atoms. The molecule has 0 bridgehead atoms. The lowest BCUT2D eigenvalue weighted by molar-refractivity contribution is -0.132. The number of carbonyl (C=O) groups is 2. The van der Waals surface area contributed by atoms with E-state index in [4.69, 9.17) is 4.74 Å². The zero-order chi connectivity index (χ0) is 17.6. The van der Waals surface area contributed by atoms with Crippen LogP contribution in [0.25, 0.3) is 0 Å². The number of carbonyl (C=O) groups excluding carboxylic acids is 2. The third-order valence-electron chi connectivity index (χ3n) is 6.24. The van der Waals surface area contributed by atoms with Crippen LogP contribution in [0.2, 0.25) is 0 Å². The van der Waals surface area contributed by atoms with Crippen molar-refractivity contribution in [3.8, 4) is 0 Å². The van der Waals surface area contributed by atoms with Crippen LogP contribution in [-0.2, 0) is 9.53 Å². The van der Waals surface area contributed by atoms with E-state index >= 15 is 0 Å². The van der Waals surface area contributed by atoms with Crippen molar-refractivity contribution in [1.29, 1.82) is 0 Å². The van der Waals surface area contributed by atoms with E-state index in [9.17, 15) is 9.59 Å². The van der Waals surface area contributed by atoms with Gasteiger partial charge in [-0.05, 0) is 37.5 Å². The molecule has 1 N–H and O–H groups in total. The number of hydrogen-bond donors (Lipinski definition) is 1. The fraction of sp³-hybridized carbons (Fsp3) is 0.895. The highest BCUT2D eigenvalue weighted by Gasteiger charge is 2.36. The molecular formula is C19H33N3O3. The normalized spacial score (nSPS) is 28.4. The topological polar surface area (TPSA) is 61.9 Å². The Balaban J connectivity index is 1.51. The van der Waals surface area contributed by atoms with Crippen LogP contribution >= 0.6 is 0 Å². The maximum absolute atomic E-state index is 12.6. The number of hydrogen-bond acceptors (Lipinski definition) is 3. The summed E-state index contributed by atoms with van der Waals surface area (Å²) in [5.41, 5.74) is 0. The Hall–Kier alpha value is -1.30. The van der Waals surface area contributed by atoms with Gasteiger partial charge in [0.05, 0.1) is 6.61 Å². The van der Waals surface area contributed by atoms with Gasteiger partial charge in [0.2, 0.25) is 5.91 Å². The SMILES string of the molecule is COCCN1CCC2CN(C(=O)NC3CCCCC3)CCC2CC1=O. The summed E-state index contributed by atoms with van der Waals surface area (Å²) < 4.78 is 5.12. The van der Waals surface area contributed by atoms with Crippen LogP contribution < -0.4 is 5.32 Å². The molecule has 142 valence electrons. The Bertz CT molecular complexity index is 465. The number of nitrogens with one attached hydrogen (secondary N) is 1. The maximum Gasteiger partial charge on any atom is 0.317 e. The predicted octanol–water partition coefficient (Wildman–Crippen LogP) is 2.24. The minimum Gasteiger partial charge on any atom is -0.383 e. The van der Waals surface area contributed by atoms with Gasteiger partial charge in [-0.1, -0.05) is 19.3 Å². The van der Waals surface area contributed by atoms with Gasteiger partial charge in [-0.15, -0.1) is 0 Å². The second-order valence-corrected chi connectivity index (χ2v) is 7.91. The molecule has 0 aromatic heterocycles. The van der Waals surface area contributed by atoms with Crippen molar-refractivity contribution in [2.45, 2.75) is 57.4 Å². The molecule has 6 heteroatoms. The second kappa shape index (κ2) is 8.88. The summed E-state index contributed by atoms with van der Waals surface area (Å²) >= 11 is 0. The van der Waals surface area contributed by atoms with Crippen molar-refractivity contribution in [2.75, 3.05) is 39.9 Å². The molecule has 2 saturated heterocycles. The molecule has 0 spiro atoms. The average Bonchev–Trinajstić information content (AvgIpc) is 2.78. The van der Waals surface area contributed by atoms with E-state index in [1.165, 1.54) is 19.3 Å². The van der Waals surface area contributed by atoms with Gasteiger partial charge < -0.3 is 19.9 Å². The predicted molar refractivity (Wildman–Crippen MR) is 96.3 cm³/mol. The quantitative estimate of drug-likeness (QED) is 0.845. The van der Waals surface area contributed by atoms with Gasteiger partial charge in [-0.2, -0.15) is 0 Å². The first-order valence-electron chi connectivity index (χ1n) is 9.99. The van der Waals surface area contributed by atoms with Crippen molar-refractivity contribution in [1.82, 2.24) is 15.1 Å². The van der Waals surface area contributed by atoms with Crippen LogP contribution in [-0.4, -0.2) is 67.7 Å². The molecular weight excluding hydrogens is 318 g/mol. The third-order valence-corrected chi connectivity index (χ3v) is 6.24. The Morgan fingerprint density at radius 3 is 2.64 bits per heavy atom. The van der Waals surface area contributed by atoms with E-state index in [2.05, 4.69) is 5.32 Å². The largest absolute Gasteiger partial charge is 0.383 e. The van der Waals surface area contributed by atoms with Crippen LogP contribution in [0.15, 0.2) is 0 Å². The Labute approximate surface area is 151 Å². The van der Waals surface area contributed by atoms with Crippen molar-refractivity contribution in [3.63, 3.8) is 0 Å². The fourth-order valence-corrected chi connectivity index (χ4v) is 4.61. The molecule has 2 atom stereocenters. The Morgan fingerprint density at radius 2 is 1.88 bits per heavy atom. The zero-order valence-electron chi connectivity index (χ0n) is 15.5. The van der Waals surface area contributed by atoms with Crippen molar-refractivity contribution >= 4 is 11.9 Å². The van der Waals surface area contributed by atoms with Crippen molar-refractivity contribution < 1.29 is 14.3 Å². The van der Waals surface area contributed by atoms with Crippen LogP contribution in [0.4, 0.5) is 4.79 Å². The first-order chi connectivity index (χ1) is 12.2. The summed E-state index contributed by atoms with van der Waals surface area (Å²) in [6, 6.07) is 0.469. The van der Waals surface area contributed by atoms with Crippen LogP contribution in [0.1, 0.15) is 51.4 Å². The van der Waals surface area contributed by atoms with Gasteiger partial charge in [0.25, 0.3) is 0 Å². The van der Waals surface area contributed by atoms with Gasteiger partial charge in [-0.3, -0.25) is 4.79 Å². The number of piperidine rings is 1. The number of nitrogens with zero attached hydrogens (tertiary/aromatic N) is 2. The molecule has 3 rings (SSSR count). The molecule has 0 aromatic rings. The molecule has 3 amide bonds. The highest BCUT2D eigenvalue weighted by molar-refractivity contribution is 5.77. The molecule has 0 radical (unpaired) electrons. The molecule has 2 heterocycles. The van der Waals surface area contributed by atoms with Crippen molar-refractivity contribution in [3.05, 3.63) is 0 Å². The molecule has 3 aliphatic rings. The van der Waals surface area contributed by atoms with E-state index < -0.39 is 0 Å². The van der Waals surface area contributed by atoms with E-state index in [-0.39, 0.29) is 11.9 Å². The lowest BCUT2D eigenvalue weighted by atomic mass is 9.82. The lowest BCUT2D eigenvalue weighted by Crippen LogP contribution is -2.50. The molecule has 1 saturated carbocycles. The first-order valence-corrected chi connectivity index (χ1v) is 9.99. The smallest absolute Gasteiger partial charge is 0.317 e. The van der Waals surface area contributed by atoms with E-state index in [1.807, 2.05) is 9.80 Å².